The summed E-state index contributed by atoms with van der Waals surface area (Å²) in [6, 6.07) is 0. The molecule has 5 fully saturated rings. The number of aliphatic hydroxyl groups is 6. The van der Waals surface area contributed by atoms with Crippen molar-refractivity contribution in [1.82, 2.24) is 0 Å². The number of fused-ring (bicyclic) bond motifs is 3. The fourth-order valence-electron chi connectivity index (χ4n) is 8.93. The second-order valence-electron chi connectivity index (χ2n) is 12.7. The van der Waals surface area contributed by atoms with Crippen molar-refractivity contribution in [1.29, 1.82) is 0 Å². The van der Waals surface area contributed by atoms with Crippen LogP contribution in [0.4, 0.5) is 0 Å². The van der Waals surface area contributed by atoms with Crippen molar-refractivity contribution < 1.29 is 54.4 Å². The minimum atomic E-state index is -1.60. The standard InChI is InChI=1S/C26H40O11/c1-23(6-3-7-24(2)19(23)20(32)37-22(24)33)15-5-4-13-8-25(15,11-28)10-26(13,34)12-35-21-18(31)17(30)16(29)14(9-27)36-21/h11,13-21,27,29-32,34H,3-10,12H2,1-2H3/t13-,14-,15+,16-,17+,18-,19+,20?,21-,23+,24-,25+,26+/m1/s1. The summed E-state index contributed by atoms with van der Waals surface area (Å²) in [5, 5.41) is 62.4. The summed E-state index contributed by atoms with van der Waals surface area (Å²) in [6.07, 6.45) is -3.62. The lowest BCUT2D eigenvalue weighted by atomic mass is 9.46. The SMILES string of the molecule is C[C@@]1([C@@H]2CC[C@@H]3C[C@@]2(C=O)C[C@]3(O)CO[C@@H]2O[C@H](CO)[C@@H](O)[C@H](O)[C@H]2O)CCC[C@@]2(C)C(=O)OC(O)[C@@H]12. The van der Waals surface area contributed by atoms with Crippen LogP contribution in [0.2, 0.25) is 0 Å². The molecule has 2 bridgehead atoms. The molecule has 5 rings (SSSR count). The monoisotopic (exact) mass is 528 g/mol. The van der Waals surface area contributed by atoms with Gasteiger partial charge >= 0.3 is 5.97 Å². The molecule has 2 saturated heterocycles. The van der Waals surface area contributed by atoms with Crippen molar-refractivity contribution in [2.24, 2.45) is 34.0 Å². The van der Waals surface area contributed by atoms with E-state index in [1.165, 1.54) is 0 Å². The molecule has 2 aliphatic heterocycles. The smallest absolute Gasteiger partial charge is 0.314 e. The predicted molar refractivity (Wildman–Crippen MR) is 124 cm³/mol. The van der Waals surface area contributed by atoms with Gasteiger partial charge in [-0.25, -0.2) is 0 Å². The van der Waals surface area contributed by atoms with Gasteiger partial charge in [0.05, 0.1) is 24.2 Å². The van der Waals surface area contributed by atoms with Crippen LogP contribution < -0.4 is 0 Å². The molecule has 2 heterocycles. The number of carbonyl (C=O) groups excluding carboxylic acids is 2. The zero-order valence-corrected chi connectivity index (χ0v) is 21.4. The van der Waals surface area contributed by atoms with Crippen molar-refractivity contribution >= 4 is 12.3 Å². The summed E-state index contributed by atoms with van der Waals surface area (Å²) in [5.74, 6) is -1.31. The number of hydrogen-bond donors (Lipinski definition) is 6. The number of esters is 1. The highest BCUT2D eigenvalue weighted by molar-refractivity contribution is 5.79. The van der Waals surface area contributed by atoms with E-state index in [1.807, 2.05) is 13.8 Å². The largest absolute Gasteiger partial charge is 0.435 e. The Balaban J connectivity index is 1.37. The Hall–Kier alpha value is -1.18. The Morgan fingerprint density at radius 1 is 1.08 bits per heavy atom. The highest BCUT2D eigenvalue weighted by Crippen LogP contribution is 2.68. The van der Waals surface area contributed by atoms with Crippen LogP contribution in [0.25, 0.3) is 0 Å². The Kier molecular flexibility index (Phi) is 6.81. The summed E-state index contributed by atoms with van der Waals surface area (Å²) >= 11 is 0. The van der Waals surface area contributed by atoms with Crippen LogP contribution in [-0.4, -0.2) is 98.7 Å². The van der Waals surface area contributed by atoms with Gasteiger partial charge in [0, 0.05) is 11.3 Å². The molecule has 0 aromatic rings. The van der Waals surface area contributed by atoms with Crippen molar-refractivity contribution in [3.63, 3.8) is 0 Å². The summed E-state index contributed by atoms with van der Waals surface area (Å²) in [7, 11) is 0. The van der Waals surface area contributed by atoms with Crippen LogP contribution in [0.1, 0.15) is 58.8 Å². The predicted octanol–water partition coefficient (Wildman–Crippen LogP) is -0.773. The van der Waals surface area contributed by atoms with E-state index in [4.69, 9.17) is 14.2 Å². The van der Waals surface area contributed by atoms with Gasteiger partial charge in [-0.1, -0.05) is 13.3 Å². The second kappa shape index (κ2) is 9.19. The van der Waals surface area contributed by atoms with Crippen molar-refractivity contribution in [3.05, 3.63) is 0 Å². The molecule has 37 heavy (non-hydrogen) atoms. The number of aliphatic hydroxyl groups excluding tert-OH is 5. The number of rotatable bonds is 6. The summed E-state index contributed by atoms with van der Waals surface area (Å²) in [6.45, 7) is 3.01. The first-order valence-electron chi connectivity index (χ1n) is 13.4. The first-order chi connectivity index (χ1) is 17.3. The van der Waals surface area contributed by atoms with Crippen LogP contribution in [-0.2, 0) is 23.8 Å². The zero-order chi connectivity index (χ0) is 27.0. The minimum absolute atomic E-state index is 0.111. The molecule has 3 aliphatic carbocycles. The number of carbonyl (C=O) groups is 2. The number of aldehydes is 1. The summed E-state index contributed by atoms with van der Waals surface area (Å²) in [4.78, 5) is 25.5. The maximum absolute atomic E-state index is 12.8. The lowest BCUT2D eigenvalue weighted by Crippen LogP contribution is -2.59. The molecule has 5 aliphatic rings. The quantitative estimate of drug-likeness (QED) is 0.188. The molecule has 3 saturated carbocycles. The third-order valence-electron chi connectivity index (χ3n) is 10.7. The third-order valence-corrected chi connectivity index (χ3v) is 10.7. The molecule has 0 aromatic carbocycles. The lowest BCUT2D eigenvalue weighted by Gasteiger charge is -2.55. The molecule has 1 unspecified atom stereocenters. The van der Waals surface area contributed by atoms with Gasteiger partial charge in [0.15, 0.2) is 6.29 Å². The first-order valence-corrected chi connectivity index (χ1v) is 13.4. The van der Waals surface area contributed by atoms with Crippen LogP contribution in [0.3, 0.4) is 0 Å². The molecule has 11 nitrogen and oxygen atoms in total. The highest BCUT2D eigenvalue weighted by Gasteiger charge is 2.70. The van der Waals surface area contributed by atoms with E-state index in [-0.39, 0.29) is 24.9 Å². The molecule has 210 valence electrons. The molecule has 6 N–H and O–H groups in total. The molecular weight excluding hydrogens is 488 g/mol. The Labute approximate surface area is 215 Å². The number of cyclic esters (lactones) is 1. The molecular formula is C26H40O11. The molecule has 11 heteroatoms. The number of ether oxygens (including phenoxy) is 3. The van der Waals surface area contributed by atoms with Crippen molar-refractivity contribution in [2.45, 2.75) is 101 Å². The Morgan fingerprint density at radius 2 is 1.81 bits per heavy atom. The lowest BCUT2D eigenvalue weighted by molar-refractivity contribution is -0.309. The summed E-state index contributed by atoms with van der Waals surface area (Å²) in [5.41, 5.74) is -3.69. The van der Waals surface area contributed by atoms with Gasteiger partial charge in [0.25, 0.3) is 0 Å². The van der Waals surface area contributed by atoms with Gasteiger partial charge in [-0.15, -0.1) is 0 Å². The van der Waals surface area contributed by atoms with Crippen LogP contribution in [0, 0.1) is 34.0 Å². The van der Waals surface area contributed by atoms with E-state index in [9.17, 15) is 40.2 Å². The van der Waals surface area contributed by atoms with Gasteiger partial charge in [-0.3, -0.25) is 4.79 Å². The van der Waals surface area contributed by atoms with Gasteiger partial charge < -0.3 is 49.6 Å². The van der Waals surface area contributed by atoms with Crippen molar-refractivity contribution in [3.8, 4) is 0 Å². The van der Waals surface area contributed by atoms with Gasteiger partial charge in [0.1, 0.15) is 30.7 Å². The molecule has 0 spiro atoms. The second-order valence-corrected chi connectivity index (χ2v) is 12.7. The van der Waals surface area contributed by atoms with Crippen LogP contribution in [0.15, 0.2) is 0 Å². The van der Waals surface area contributed by atoms with E-state index in [0.29, 0.717) is 25.7 Å². The fraction of sp³-hybridized carbons (Fsp3) is 0.923. The van der Waals surface area contributed by atoms with Gasteiger partial charge in [0.2, 0.25) is 6.29 Å². The third kappa shape index (κ3) is 3.92. The van der Waals surface area contributed by atoms with E-state index in [2.05, 4.69) is 0 Å². The first kappa shape index (κ1) is 27.4. The van der Waals surface area contributed by atoms with Gasteiger partial charge in [-0.2, -0.15) is 0 Å². The topological polar surface area (TPSA) is 183 Å². The Bertz CT molecular complexity index is 913. The Morgan fingerprint density at radius 3 is 2.49 bits per heavy atom. The van der Waals surface area contributed by atoms with E-state index >= 15 is 0 Å². The van der Waals surface area contributed by atoms with E-state index in [0.717, 1.165) is 19.1 Å². The fourth-order valence-corrected chi connectivity index (χ4v) is 8.93. The van der Waals surface area contributed by atoms with Crippen LogP contribution >= 0.6 is 0 Å². The maximum Gasteiger partial charge on any atom is 0.314 e. The average molecular weight is 529 g/mol. The normalized spacial score (nSPS) is 55.6. The average Bonchev–Trinajstić information content (AvgIpc) is 3.23. The van der Waals surface area contributed by atoms with Gasteiger partial charge in [-0.05, 0) is 62.7 Å². The maximum atomic E-state index is 12.8. The molecule has 0 amide bonds. The van der Waals surface area contributed by atoms with Crippen LogP contribution in [0.5, 0.6) is 0 Å². The molecule has 0 radical (unpaired) electrons. The summed E-state index contributed by atoms with van der Waals surface area (Å²) < 4.78 is 16.5. The highest BCUT2D eigenvalue weighted by atomic mass is 16.7. The van der Waals surface area contributed by atoms with E-state index < -0.39 is 77.3 Å². The van der Waals surface area contributed by atoms with E-state index in [1.54, 1.807) is 0 Å². The number of hydrogen-bond acceptors (Lipinski definition) is 11. The molecule has 0 aromatic heterocycles. The minimum Gasteiger partial charge on any atom is -0.435 e. The zero-order valence-electron chi connectivity index (χ0n) is 21.4. The van der Waals surface area contributed by atoms with Crippen molar-refractivity contribution in [2.75, 3.05) is 13.2 Å². The molecule has 13 atom stereocenters.